The molecule has 0 spiro atoms. The summed E-state index contributed by atoms with van der Waals surface area (Å²) in [6, 6.07) is 0. The van der Waals surface area contributed by atoms with Gasteiger partial charge in [0.15, 0.2) is 0 Å². The molecule has 0 aliphatic carbocycles. The maximum absolute atomic E-state index is 10.6. The Morgan fingerprint density at radius 2 is 2.20 bits per heavy atom. The highest BCUT2D eigenvalue weighted by molar-refractivity contribution is 5.58. The SMILES string of the molecule is CC1(C=O)CCCNCC1. The van der Waals surface area contributed by atoms with E-state index in [0.29, 0.717) is 0 Å². The van der Waals surface area contributed by atoms with E-state index in [1.165, 1.54) is 0 Å². The van der Waals surface area contributed by atoms with E-state index in [1.54, 1.807) is 0 Å². The summed E-state index contributed by atoms with van der Waals surface area (Å²) in [6.07, 6.45) is 4.29. The van der Waals surface area contributed by atoms with Crippen molar-refractivity contribution in [2.45, 2.75) is 26.2 Å². The largest absolute Gasteiger partial charge is 0.317 e. The molecule has 1 saturated heterocycles. The van der Waals surface area contributed by atoms with Crippen LogP contribution in [0.5, 0.6) is 0 Å². The Hall–Kier alpha value is -0.370. The molecule has 0 aromatic heterocycles. The molecule has 1 aliphatic heterocycles. The minimum atomic E-state index is -0.0382. The molecule has 0 radical (unpaired) electrons. The van der Waals surface area contributed by atoms with Gasteiger partial charge in [0.1, 0.15) is 6.29 Å². The molecule has 10 heavy (non-hydrogen) atoms. The number of hydrogen-bond acceptors (Lipinski definition) is 2. The molecular formula is C8H15NO. The quantitative estimate of drug-likeness (QED) is 0.551. The molecule has 0 saturated carbocycles. The first kappa shape index (κ1) is 7.73. The number of carbonyl (C=O) groups is 1. The molecule has 0 bridgehead atoms. The lowest BCUT2D eigenvalue weighted by atomic mass is 9.85. The van der Waals surface area contributed by atoms with Crippen molar-refractivity contribution in [3.8, 4) is 0 Å². The second-order valence-electron chi connectivity index (χ2n) is 3.38. The Morgan fingerprint density at radius 3 is 2.90 bits per heavy atom. The number of carbonyl (C=O) groups excluding carboxylic acids is 1. The predicted octanol–water partition coefficient (Wildman–Crippen LogP) is 0.965. The normalized spacial score (nSPS) is 34.9. The Kier molecular flexibility index (Phi) is 2.44. The summed E-state index contributed by atoms with van der Waals surface area (Å²) >= 11 is 0. The van der Waals surface area contributed by atoms with Gasteiger partial charge < -0.3 is 10.1 Å². The Balaban J connectivity index is 2.48. The molecule has 1 aliphatic rings. The molecule has 2 nitrogen and oxygen atoms in total. The fourth-order valence-electron chi connectivity index (χ4n) is 1.36. The molecule has 1 fully saturated rings. The summed E-state index contributed by atoms with van der Waals surface area (Å²) in [4.78, 5) is 10.6. The molecule has 1 rings (SSSR count). The molecule has 0 aromatic carbocycles. The van der Waals surface area contributed by atoms with Crippen molar-refractivity contribution in [1.82, 2.24) is 5.32 Å². The second-order valence-corrected chi connectivity index (χ2v) is 3.38. The summed E-state index contributed by atoms with van der Waals surface area (Å²) in [6.45, 7) is 4.12. The smallest absolute Gasteiger partial charge is 0.125 e. The van der Waals surface area contributed by atoms with Gasteiger partial charge in [-0.15, -0.1) is 0 Å². The lowest BCUT2D eigenvalue weighted by molar-refractivity contribution is -0.115. The van der Waals surface area contributed by atoms with E-state index in [1.807, 2.05) is 6.92 Å². The summed E-state index contributed by atoms with van der Waals surface area (Å²) in [5.41, 5.74) is -0.0382. The highest BCUT2D eigenvalue weighted by Crippen LogP contribution is 2.25. The van der Waals surface area contributed by atoms with Crippen LogP contribution < -0.4 is 5.32 Å². The van der Waals surface area contributed by atoms with Crippen LogP contribution in [0.25, 0.3) is 0 Å². The monoisotopic (exact) mass is 141 g/mol. The molecule has 58 valence electrons. The minimum Gasteiger partial charge on any atom is -0.317 e. The highest BCUT2D eigenvalue weighted by atomic mass is 16.1. The lowest BCUT2D eigenvalue weighted by Crippen LogP contribution is -2.20. The third-order valence-corrected chi connectivity index (χ3v) is 2.26. The Bertz CT molecular complexity index is 114. The maximum Gasteiger partial charge on any atom is 0.125 e. The van der Waals surface area contributed by atoms with E-state index >= 15 is 0 Å². The van der Waals surface area contributed by atoms with Gasteiger partial charge in [-0.3, -0.25) is 0 Å². The van der Waals surface area contributed by atoms with Crippen LogP contribution in [0.1, 0.15) is 26.2 Å². The number of nitrogens with one attached hydrogen (secondary N) is 1. The summed E-state index contributed by atoms with van der Waals surface area (Å²) in [5, 5.41) is 3.28. The second kappa shape index (κ2) is 3.15. The van der Waals surface area contributed by atoms with Crippen LogP contribution in [-0.4, -0.2) is 19.4 Å². The van der Waals surface area contributed by atoms with Gasteiger partial charge in [0.25, 0.3) is 0 Å². The molecule has 1 atom stereocenters. The van der Waals surface area contributed by atoms with E-state index in [4.69, 9.17) is 0 Å². The van der Waals surface area contributed by atoms with Gasteiger partial charge in [-0.1, -0.05) is 6.92 Å². The van der Waals surface area contributed by atoms with Gasteiger partial charge in [0, 0.05) is 5.41 Å². The summed E-state index contributed by atoms with van der Waals surface area (Å²) in [5.74, 6) is 0. The van der Waals surface area contributed by atoms with Crippen LogP contribution in [0, 0.1) is 5.41 Å². The maximum atomic E-state index is 10.6. The zero-order valence-corrected chi connectivity index (χ0v) is 6.52. The lowest BCUT2D eigenvalue weighted by Gasteiger charge is -2.18. The van der Waals surface area contributed by atoms with Crippen molar-refractivity contribution < 1.29 is 4.79 Å². The molecular weight excluding hydrogens is 126 g/mol. The van der Waals surface area contributed by atoms with E-state index in [2.05, 4.69) is 5.32 Å². The average molecular weight is 141 g/mol. The number of aldehydes is 1. The van der Waals surface area contributed by atoms with Crippen molar-refractivity contribution in [3.05, 3.63) is 0 Å². The van der Waals surface area contributed by atoms with Crippen LogP contribution in [0.3, 0.4) is 0 Å². The number of rotatable bonds is 1. The van der Waals surface area contributed by atoms with Crippen molar-refractivity contribution >= 4 is 6.29 Å². The predicted molar refractivity (Wildman–Crippen MR) is 40.9 cm³/mol. The zero-order chi connectivity index (χ0) is 7.45. The van der Waals surface area contributed by atoms with Crippen LogP contribution in [-0.2, 0) is 4.79 Å². The summed E-state index contributed by atoms with van der Waals surface area (Å²) < 4.78 is 0. The number of hydrogen-bond donors (Lipinski definition) is 1. The van der Waals surface area contributed by atoms with Crippen LogP contribution in [0.15, 0.2) is 0 Å². The first-order chi connectivity index (χ1) is 4.77. The first-order valence-corrected chi connectivity index (χ1v) is 3.94. The van der Waals surface area contributed by atoms with Gasteiger partial charge >= 0.3 is 0 Å². The van der Waals surface area contributed by atoms with Crippen molar-refractivity contribution in [2.75, 3.05) is 13.1 Å². The van der Waals surface area contributed by atoms with Gasteiger partial charge in [-0.05, 0) is 32.4 Å². The fourth-order valence-corrected chi connectivity index (χ4v) is 1.36. The van der Waals surface area contributed by atoms with Crippen LogP contribution in [0.2, 0.25) is 0 Å². The van der Waals surface area contributed by atoms with Crippen LogP contribution >= 0.6 is 0 Å². The third kappa shape index (κ3) is 1.81. The molecule has 2 heteroatoms. The van der Waals surface area contributed by atoms with Gasteiger partial charge in [0.05, 0.1) is 0 Å². The molecule has 1 heterocycles. The Labute approximate surface area is 62.0 Å². The minimum absolute atomic E-state index is 0.0382. The zero-order valence-electron chi connectivity index (χ0n) is 6.52. The van der Waals surface area contributed by atoms with E-state index in [-0.39, 0.29) is 5.41 Å². The van der Waals surface area contributed by atoms with Gasteiger partial charge in [-0.25, -0.2) is 0 Å². The molecule has 0 amide bonds. The molecule has 1 N–H and O–H groups in total. The third-order valence-electron chi connectivity index (χ3n) is 2.26. The Morgan fingerprint density at radius 1 is 1.40 bits per heavy atom. The topological polar surface area (TPSA) is 29.1 Å². The van der Waals surface area contributed by atoms with Crippen LogP contribution in [0.4, 0.5) is 0 Å². The van der Waals surface area contributed by atoms with E-state index in [0.717, 1.165) is 38.6 Å². The van der Waals surface area contributed by atoms with Gasteiger partial charge in [-0.2, -0.15) is 0 Å². The van der Waals surface area contributed by atoms with Crippen molar-refractivity contribution in [2.24, 2.45) is 5.41 Å². The molecule has 1 unspecified atom stereocenters. The highest BCUT2D eigenvalue weighted by Gasteiger charge is 2.23. The first-order valence-electron chi connectivity index (χ1n) is 3.94. The standard InChI is InChI=1S/C8H15NO/c1-8(7-10)3-2-5-9-6-4-8/h7,9H,2-6H2,1H3. The fraction of sp³-hybridized carbons (Fsp3) is 0.875. The average Bonchev–Trinajstić information content (AvgIpc) is 2.15. The van der Waals surface area contributed by atoms with Crippen molar-refractivity contribution in [1.29, 1.82) is 0 Å². The van der Waals surface area contributed by atoms with Gasteiger partial charge in [0.2, 0.25) is 0 Å². The van der Waals surface area contributed by atoms with E-state index < -0.39 is 0 Å². The van der Waals surface area contributed by atoms with E-state index in [9.17, 15) is 4.79 Å². The molecule has 0 aromatic rings. The van der Waals surface area contributed by atoms with Crippen molar-refractivity contribution in [3.63, 3.8) is 0 Å². The summed E-state index contributed by atoms with van der Waals surface area (Å²) in [7, 11) is 0.